The summed E-state index contributed by atoms with van der Waals surface area (Å²) in [5.41, 5.74) is 11.4. The van der Waals surface area contributed by atoms with Crippen molar-refractivity contribution in [2.45, 2.75) is 26.3 Å². The Kier molecular flexibility index (Phi) is 4.31. The van der Waals surface area contributed by atoms with E-state index in [1.807, 2.05) is 47.4 Å². The smallest absolute Gasteiger partial charge is 0.220 e. The van der Waals surface area contributed by atoms with E-state index < -0.39 is 0 Å². The molecule has 0 saturated carbocycles. The molecule has 0 aliphatic heterocycles. The lowest BCUT2D eigenvalue weighted by Crippen LogP contribution is -2.02. The molecule has 3 aromatic heterocycles. The Labute approximate surface area is 151 Å². The van der Waals surface area contributed by atoms with Gasteiger partial charge >= 0.3 is 0 Å². The van der Waals surface area contributed by atoms with Gasteiger partial charge in [0.15, 0.2) is 0 Å². The fourth-order valence-corrected chi connectivity index (χ4v) is 3.02. The molecule has 6 heteroatoms. The lowest BCUT2D eigenvalue weighted by Gasteiger charge is -2.06. The van der Waals surface area contributed by atoms with Gasteiger partial charge in [-0.1, -0.05) is 43.7 Å². The summed E-state index contributed by atoms with van der Waals surface area (Å²) in [4.78, 5) is 13.5. The van der Waals surface area contributed by atoms with Crippen molar-refractivity contribution in [3.8, 4) is 11.3 Å². The molecule has 2 N–H and O–H groups in total. The van der Waals surface area contributed by atoms with E-state index >= 15 is 0 Å². The topological polar surface area (TPSA) is 82.5 Å². The summed E-state index contributed by atoms with van der Waals surface area (Å²) in [5.74, 6) is 0.297. The summed E-state index contributed by atoms with van der Waals surface area (Å²) < 4.78 is 1.92. The Hall–Kier alpha value is -3.28. The SMILES string of the molecule is CCCc1nc(N)nc2ccc(-c3cnn(Cc4ccccc4)c3)nc12. The first-order chi connectivity index (χ1) is 12.7. The minimum absolute atomic E-state index is 0.297. The van der Waals surface area contributed by atoms with Crippen LogP contribution in [0.2, 0.25) is 0 Å². The van der Waals surface area contributed by atoms with Crippen molar-refractivity contribution < 1.29 is 0 Å². The summed E-state index contributed by atoms with van der Waals surface area (Å²) in [6.07, 6.45) is 5.66. The number of fused-ring (bicyclic) bond motifs is 1. The van der Waals surface area contributed by atoms with Gasteiger partial charge in [0, 0.05) is 11.8 Å². The Morgan fingerprint density at radius 3 is 2.65 bits per heavy atom. The van der Waals surface area contributed by atoms with Crippen LogP contribution in [0, 0.1) is 0 Å². The van der Waals surface area contributed by atoms with Gasteiger partial charge in [-0.15, -0.1) is 0 Å². The number of nitrogens with zero attached hydrogens (tertiary/aromatic N) is 5. The van der Waals surface area contributed by atoms with E-state index in [0.29, 0.717) is 5.95 Å². The number of pyridine rings is 1. The number of anilines is 1. The van der Waals surface area contributed by atoms with Gasteiger partial charge in [-0.25, -0.2) is 15.0 Å². The largest absolute Gasteiger partial charge is 0.368 e. The lowest BCUT2D eigenvalue weighted by molar-refractivity contribution is 0.687. The van der Waals surface area contributed by atoms with Gasteiger partial charge in [-0.3, -0.25) is 4.68 Å². The molecule has 0 unspecified atom stereocenters. The minimum atomic E-state index is 0.297. The zero-order valence-corrected chi connectivity index (χ0v) is 14.6. The second-order valence-electron chi connectivity index (χ2n) is 6.25. The first-order valence-corrected chi connectivity index (χ1v) is 8.73. The van der Waals surface area contributed by atoms with Gasteiger partial charge in [0.1, 0.15) is 5.52 Å². The number of hydrogen-bond acceptors (Lipinski definition) is 5. The molecule has 0 radical (unpaired) electrons. The van der Waals surface area contributed by atoms with Crippen LogP contribution in [0.15, 0.2) is 54.9 Å². The predicted octanol–water partition coefficient (Wildman–Crippen LogP) is 3.47. The number of rotatable bonds is 5. The van der Waals surface area contributed by atoms with E-state index in [-0.39, 0.29) is 0 Å². The van der Waals surface area contributed by atoms with E-state index in [1.165, 1.54) is 5.56 Å². The van der Waals surface area contributed by atoms with Gasteiger partial charge < -0.3 is 5.73 Å². The second kappa shape index (κ2) is 6.92. The van der Waals surface area contributed by atoms with Crippen LogP contribution in [0.4, 0.5) is 5.95 Å². The van der Waals surface area contributed by atoms with Crippen LogP contribution in [0.5, 0.6) is 0 Å². The number of nitrogen functional groups attached to an aromatic ring is 1. The molecule has 4 aromatic rings. The van der Waals surface area contributed by atoms with Gasteiger partial charge in [0.2, 0.25) is 5.95 Å². The first-order valence-electron chi connectivity index (χ1n) is 8.73. The van der Waals surface area contributed by atoms with Crippen molar-refractivity contribution >= 4 is 17.0 Å². The van der Waals surface area contributed by atoms with Crippen molar-refractivity contribution in [2.75, 3.05) is 5.73 Å². The van der Waals surface area contributed by atoms with Crippen LogP contribution >= 0.6 is 0 Å². The van der Waals surface area contributed by atoms with Gasteiger partial charge in [0.25, 0.3) is 0 Å². The van der Waals surface area contributed by atoms with Crippen LogP contribution in [-0.4, -0.2) is 24.7 Å². The predicted molar refractivity (Wildman–Crippen MR) is 103 cm³/mol. The van der Waals surface area contributed by atoms with Crippen LogP contribution in [0.3, 0.4) is 0 Å². The van der Waals surface area contributed by atoms with Crippen molar-refractivity contribution in [1.82, 2.24) is 24.7 Å². The lowest BCUT2D eigenvalue weighted by atomic mass is 10.1. The molecule has 0 atom stereocenters. The highest BCUT2D eigenvalue weighted by molar-refractivity contribution is 5.80. The van der Waals surface area contributed by atoms with E-state index in [0.717, 1.165) is 47.4 Å². The molecule has 4 rings (SSSR count). The number of hydrogen-bond donors (Lipinski definition) is 1. The Balaban J connectivity index is 1.68. The summed E-state index contributed by atoms with van der Waals surface area (Å²) in [7, 11) is 0. The van der Waals surface area contributed by atoms with Crippen LogP contribution in [0.1, 0.15) is 24.6 Å². The van der Waals surface area contributed by atoms with Crippen molar-refractivity contribution in [1.29, 1.82) is 0 Å². The molecule has 0 spiro atoms. The highest BCUT2D eigenvalue weighted by atomic mass is 15.3. The molecular formula is C20H20N6. The maximum Gasteiger partial charge on any atom is 0.220 e. The number of aryl methyl sites for hydroxylation is 1. The number of nitrogens with two attached hydrogens (primary N) is 1. The highest BCUT2D eigenvalue weighted by Gasteiger charge is 2.10. The maximum atomic E-state index is 5.82. The van der Waals surface area contributed by atoms with Crippen molar-refractivity contribution in [3.63, 3.8) is 0 Å². The van der Waals surface area contributed by atoms with E-state index in [9.17, 15) is 0 Å². The zero-order valence-electron chi connectivity index (χ0n) is 14.6. The monoisotopic (exact) mass is 344 g/mol. The van der Waals surface area contributed by atoms with Gasteiger partial charge in [0.05, 0.1) is 29.6 Å². The summed E-state index contributed by atoms with van der Waals surface area (Å²) in [6.45, 7) is 2.84. The maximum absolute atomic E-state index is 5.82. The molecule has 0 bridgehead atoms. The van der Waals surface area contributed by atoms with E-state index in [1.54, 1.807) is 0 Å². The second-order valence-corrected chi connectivity index (χ2v) is 6.25. The molecule has 0 fully saturated rings. The normalized spacial score (nSPS) is 11.1. The van der Waals surface area contributed by atoms with E-state index in [4.69, 9.17) is 10.7 Å². The highest BCUT2D eigenvalue weighted by Crippen LogP contribution is 2.22. The third-order valence-electron chi connectivity index (χ3n) is 4.24. The van der Waals surface area contributed by atoms with Crippen LogP contribution in [-0.2, 0) is 13.0 Å². The molecular weight excluding hydrogens is 324 g/mol. The fourth-order valence-electron chi connectivity index (χ4n) is 3.02. The molecule has 0 aliphatic carbocycles. The van der Waals surface area contributed by atoms with Crippen LogP contribution < -0.4 is 5.73 Å². The molecule has 6 nitrogen and oxygen atoms in total. The average Bonchev–Trinajstić information content (AvgIpc) is 3.11. The summed E-state index contributed by atoms with van der Waals surface area (Å²) in [6, 6.07) is 14.2. The van der Waals surface area contributed by atoms with E-state index in [2.05, 4.69) is 34.1 Å². The molecule has 26 heavy (non-hydrogen) atoms. The molecule has 0 amide bonds. The Morgan fingerprint density at radius 1 is 1.00 bits per heavy atom. The summed E-state index contributed by atoms with van der Waals surface area (Å²) >= 11 is 0. The standard InChI is InChI=1S/C20H20N6/c1-2-6-17-19-18(25-20(21)24-17)10-9-16(23-19)15-11-22-26(13-15)12-14-7-4-3-5-8-14/h3-5,7-11,13H,2,6,12H2,1H3,(H2,21,24,25). The van der Waals surface area contributed by atoms with Crippen molar-refractivity contribution in [2.24, 2.45) is 0 Å². The Morgan fingerprint density at radius 2 is 1.85 bits per heavy atom. The third-order valence-corrected chi connectivity index (χ3v) is 4.24. The molecule has 3 heterocycles. The molecule has 1 aromatic carbocycles. The quantitative estimate of drug-likeness (QED) is 0.599. The van der Waals surface area contributed by atoms with Crippen molar-refractivity contribution in [3.05, 3.63) is 66.1 Å². The average molecular weight is 344 g/mol. The Bertz CT molecular complexity index is 1040. The van der Waals surface area contributed by atoms with Gasteiger partial charge in [-0.05, 0) is 24.1 Å². The van der Waals surface area contributed by atoms with Gasteiger partial charge in [-0.2, -0.15) is 5.10 Å². The molecule has 0 saturated heterocycles. The fraction of sp³-hybridized carbons (Fsp3) is 0.200. The zero-order chi connectivity index (χ0) is 17.9. The molecule has 0 aliphatic rings. The summed E-state index contributed by atoms with van der Waals surface area (Å²) in [5, 5.41) is 4.47. The first kappa shape index (κ1) is 16.2. The minimum Gasteiger partial charge on any atom is -0.368 e. The van der Waals surface area contributed by atoms with Crippen LogP contribution in [0.25, 0.3) is 22.3 Å². The third kappa shape index (κ3) is 3.26. The number of benzene rings is 1. The number of aromatic nitrogens is 5. The molecule has 130 valence electrons.